The zero-order valence-electron chi connectivity index (χ0n) is 20.4. The van der Waals surface area contributed by atoms with Gasteiger partial charge in [-0.05, 0) is 55.7 Å². The SMILES string of the molecule is COC(=O)[C@@H]1CCCN1S(=O)(=O)c1cnc2n1[C@](C)(Cc1ccc(Br)cc1)C(=O)N2c1cc(Cl)cc(Cl)c1. The quantitative estimate of drug-likeness (QED) is 0.354. The number of hydrogen-bond acceptors (Lipinski definition) is 6. The number of methoxy groups -OCH3 is 1. The predicted molar refractivity (Wildman–Crippen MR) is 146 cm³/mol. The summed E-state index contributed by atoms with van der Waals surface area (Å²) in [7, 11) is -3.02. The first kappa shape index (κ1) is 27.1. The van der Waals surface area contributed by atoms with E-state index in [2.05, 4.69) is 20.9 Å². The third-order valence-corrected chi connectivity index (χ3v) is 9.72. The fourth-order valence-electron chi connectivity index (χ4n) is 5.13. The molecule has 0 radical (unpaired) electrons. The van der Waals surface area contributed by atoms with Gasteiger partial charge < -0.3 is 4.74 Å². The highest BCUT2D eigenvalue weighted by Gasteiger charge is 2.53. The molecule has 13 heteroatoms. The van der Waals surface area contributed by atoms with Gasteiger partial charge in [0.2, 0.25) is 5.95 Å². The van der Waals surface area contributed by atoms with Crippen LogP contribution in [-0.4, -0.2) is 53.8 Å². The van der Waals surface area contributed by atoms with Crippen molar-refractivity contribution < 1.29 is 22.7 Å². The van der Waals surface area contributed by atoms with E-state index in [0.717, 1.165) is 14.3 Å². The van der Waals surface area contributed by atoms with Gasteiger partial charge >= 0.3 is 5.97 Å². The van der Waals surface area contributed by atoms with Crippen LogP contribution in [0.5, 0.6) is 0 Å². The Labute approximate surface area is 238 Å². The van der Waals surface area contributed by atoms with Gasteiger partial charge in [-0.3, -0.25) is 14.2 Å². The van der Waals surface area contributed by atoms with Crippen LogP contribution in [0.15, 0.2) is 58.2 Å². The van der Waals surface area contributed by atoms with Gasteiger partial charge in [-0.25, -0.2) is 18.3 Å². The highest BCUT2D eigenvalue weighted by atomic mass is 79.9. The van der Waals surface area contributed by atoms with Crippen molar-refractivity contribution in [2.45, 2.75) is 42.8 Å². The fraction of sp³-hybridized carbons (Fsp3) is 0.320. The summed E-state index contributed by atoms with van der Waals surface area (Å²) in [5.41, 5.74) is -0.208. The van der Waals surface area contributed by atoms with Crippen molar-refractivity contribution in [3.63, 3.8) is 0 Å². The number of carbonyl (C=O) groups is 2. The van der Waals surface area contributed by atoms with Gasteiger partial charge in [0, 0.05) is 27.5 Å². The summed E-state index contributed by atoms with van der Waals surface area (Å²) in [6.45, 7) is 1.82. The summed E-state index contributed by atoms with van der Waals surface area (Å²) >= 11 is 15.9. The van der Waals surface area contributed by atoms with Gasteiger partial charge in [0.15, 0.2) is 5.03 Å². The first-order chi connectivity index (χ1) is 18.0. The van der Waals surface area contributed by atoms with Crippen molar-refractivity contribution >= 4 is 72.7 Å². The van der Waals surface area contributed by atoms with Gasteiger partial charge in [0.05, 0.1) is 19.0 Å². The monoisotopic (exact) mass is 640 g/mol. The van der Waals surface area contributed by atoms with Crippen LogP contribution in [0.4, 0.5) is 11.6 Å². The van der Waals surface area contributed by atoms with E-state index in [0.29, 0.717) is 28.6 Å². The number of halogens is 3. The molecule has 1 aromatic heterocycles. The highest BCUT2D eigenvalue weighted by molar-refractivity contribution is 9.10. The Morgan fingerprint density at radius 2 is 1.84 bits per heavy atom. The van der Waals surface area contributed by atoms with E-state index in [1.54, 1.807) is 19.1 Å². The molecule has 0 N–H and O–H groups in total. The lowest BCUT2D eigenvalue weighted by Crippen LogP contribution is -2.45. The number of aromatic nitrogens is 2. The lowest BCUT2D eigenvalue weighted by atomic mass is 9.92. The number of anilines is 2. The number of fused-ring (bicyclic) bond motifs is 1. The molecule has 38 heavy (non-hydrogen) atoms. The number of hydrogen-bond donors (Lipinski definition) is 0. The van der Waals surface area contributed by atoms with Crippen molar-refractivity contribution in [3.05, 3.63) is 68.7 Å². The van der Waals surface area contributed by atoms with Gasteiger partial charge in [0.25, 0.3) is 15.9 Å². The molecule has 1 amide bonds. The topological polar surface area (TPSA) is 102 Å². The third-order valence-electron chi connectivity index (χ3n) is 6.89. The molecule has 0 aliphatic carbocycles. The van der Waals surface area contributed by atoms with Gasteiger partial charge in [-0.2, -0.15) is 4.31 Å². The molecule has 2 aliphatic rings. The van der Waals surface area contributed by atoms with Gasteiger partial charge in [-0.15, -0.1) is 0 Å². The molecule has 0 spiro atoms. The van der Waals surface area contributed by atoms with E-state index in [4.69, 9.17) is 27.9 Å². The molecule has 2 atom stereocenters. The summed E-state index contributed by atoms with van der Waals surface area (Å²) in [5.74, 6) is -0.916. The Balaban J connectivity index is 1.69. The van der Waals surface area contributed by atoms with E-state index < -0.39 is 33.5 Å². The average molecular weight is 642 g/mol. The van der Waals surface area contributed by atoms with E-state index in [-0.39, 0.29) is 23.9 Å². The van der Waals surface area contributed by atoms with Crippen LogP contribution in [0.3, 0.4) is 0 Å². The van der Waals surface area contributed by atoms with Crippen molar-refractivity contribution in [1.82, 2.24) is 13.9 Å². The Hall–Kier alpha value is -2.44. The second kappa shape index (κ2) is 9.95. The van der Waals surface area contributed by atoms with Crippen LogP contribution in [0.1, 0.15) is 25.3 Å². The first-order valence-corrected chi connectivity index (χ1v) is 14.7. The number of rotatable bonds is 6. The zero-order chi connectivity index (χ0) is 27.4. The maximum atomic E-state index is 14.1. The molecule has 2 aliphatic heterocycles. The molecule has 2 aromatic carbocycles. The van der Waals surface area contributed by atoms with E-state index >= 15 is 0 Å². The molecule has 0 bridgehead atoms. The molecular weight excluding hydrogens is 619 g/mol. The summed E-state index contributed by atoms with van der Waals surface area (Å²) in [6, 6.07) is 11.1. The number of benzene rings is 2. The van der Waals surface area contributed by atoms with E-state index in [1.807, 2.05) is 24.3 Å². The van der Waals surface area contributed by atoms with Crippen LogP contribution in [0.25, 0.3) is 0 Å². The average Bonchev–Trinajstić information content (AvgIpc) is 3.57. The highest BCUT2D eigenvalue weighted by Crippen LogP contribution is 2.45. The van der Waals surface area contributed by atoms with Crippen molar-refractivity contribution in [1.29, 1.82) is 0 Å². The minimum absolute atomic E-state index is 0.111. The number of amides is 1. The van der Waals surface area contributed by atoms with Gasteiger partial charge in [-0.1, -0.05) is 51.3 Å². The Kier molecular flexibility index (Phi) is 7.10. The summed E-state index contributed by atoms with van der Waals surface area (Å²) in [5, 5.41) is 0.434. The standard InChI is InChI=1S/C25H23BrCl2N4O5S/c1-25(13-15-5-7-16(26)8-6-15)23(34)31(19-11-17(27)10-18(28)12-19)24-29-14-21(32(24)25)38(35,36)30-9-3-4-20(30)22(33)37-2/h5-8,10-12,14,20H,3-4,9,13H2,1-2H3/t20-,25+/m0/s1. The minimum atomic E-state index is -4.25. The van der Waals surface area contributed by atoms with E-state index in [1.165, 1.54) is 28.8 Å². The van der Waals surface area contributed by atoms with Crippen LogP contribution < -0.4 is 4.90 Å². The number of sulfonamides is 1. The molecule has 1 saturated heterocycles. The largest absolute Gasteiger partial charge is 0.468 e. The summed E-state index contributed by atoms with van der Waals surface area (Å²) < 4.78 is 36.3. The molecule has 1 fully saturated rings. The Morgan fingerprint density at radius 3 is 2.47 bits per heavy atom. The summed E-state index contributed by atoms with van der Waals surface area (Å²) in [4.78, 5) is 32.3. The van der Waals surface area contributed by atoms with Crippen LogP contribution in [0.2, 0.25) is 10.0 Å². The van der Waals surface area contributed by atoms with Gasteiger partial charge in [0.1, 0.15) is 11.6 Å². The minimum Gasteiger partial charge on any atom is -0.468 e. The lowest BCUT2D eigenvalue weighted by molar-refractivity contribution is -0.144. The number of nitrogens with zero attached hydrogens (tertiary/aromatic N) is 4. The number of esters is 1. The molecule has 5 rings (SSSR count). The fourth-order valence-corrected chi connectivity index (χ4v) is 7.75. The molecule has 0 unspecified atom stereocenters. The molecule has 0 saturated carbocycles. The van der Waals surface area contributed by atoms with E-state index in [9.17, 15) is 18.0 Å². The smallest absolute Gasteiger partial charge is 0.324 e. The van der Waals surface area contributed by atoms with Crippen molar-refractivity contribution in [2.75, 3.05) is 18.6 Å². The normalized spacial score (nSPS) is 21.7. The number of ether oxygens (including phenoxy) is 1. The van der Waals surface area contributed by atoms with Crippen LogP contribution >= 0.6 is 39.1 Å². The second-order valence-corrected chi connectivity index (χ2v) is 13.0. The van der Waals surface area contributed by atoms with Crippen LogP contribution in [-0.2, 0) is 36.3 Å². The number of carbonyl (C=O) groups excluding carboxylic acids is 2. The lowest BCUT2D eigenvalue weighted by Gasteiger charge is -2.28. The van der Waals surface area contributed by atoms with Crippen molar-refractivity contribution in [2.24, 2.45) is 0 Å². The molecule has 9 nitrogen and oxygen atoms in total. The Morgan fingerprint density at radius 1 is 1.18 bits per heavy atom. The molecule has 3 heterocycles. The third kappa shape index (κ3) is 4.44. The zero-order valence-corrected chi connectivity index (χ0v) is 24.3. The molecular formula is C25H23BrCl2N4O5S. The maximum Gasteiger partial charge on any atom is 0.324 e. The van der Waals surface area contributed by atoms with Crippen molar-refractivity contribution in [3.8, 4) is 0 Å². The molecule has 200 valence electrons. The molecule has 3 aromatic rings. The Bertz CT molecular complexity index is 1530. The predicted octanol–water partition coefficient (Wildman–Crippen LogP) is 4.91. The second-order valence-electron chi connectivity index (χ2n) is 9.37. The maximum absolute atomic E-state index is 14.1. The van der Waals surface area contributed by atoms with Crippen LogP contribution in [0, 0.1) is 0 Å². The summed E-state index contributed by atoms with van der Waals surface area (Å²) in [6.07, 6.45) is 2.25. The number of imidazole rings is 1. The first-order valence-electron chi connectivity index (χ1n) is 11.7.